The van der Waals surface area contributed by atoms with E-state index in [2.05, 4.69) is 10.6 Å². The van der Waals surface area contributed by atoms with E-state index in [4.69, 9.17) is 28.7 Å². The number of unbranched alkanes of at least 4 members (excludes halogenated alkanes) is 5. The van der Waals surface area contributed by atoms with E-state index in [0.29, 0.717) is 84.2 Å². The van der Waals surface area contributed by atoms with Gasteiger partial charge in [-0.05, 0) is 109 Å². The molecule has 1 unspecified atom stereocenters. The van der Waals surface area contributed by atoms with Crippen LogP contribution in [0.25, 0.3) is 17.3 Å². The smallest absolute Gasteiger partial charge is 0.353 e. The third kappa shape index (κ3) is 13.3. The average Bonchev–Trinajstić information content (AvgIpc) is 1.59. The van der Waals surface area contributed by atoms with Crippen LogP contribution in [0.1, 0.15) is 99.2 Å². The number of nitrogens with one attached hydrogen (secondary N) is 2. The number of anilines is 2. The fraction of sp³-hybridized carbons (Fsp3) is 0.328. The van der Waals surface area contributed by atoms with E-state index in [1.807, 2.05) is 117 Å². The number of carbonyl (C=O) groups is 3. The first-order chi connectivity index (χ1) is 40.7. The summed E-state index contributed by atoms with van der Waals surface area (Å²) in [5, 5.41) is 28.0. The minimum absolute atomic E-state index is 0.0727. The number of aromatic hydroxyl groups is 1. The molecule has 1 aromatic heterocycles. The Morgan fingerprint density at radius 3 is 2.10 bits per heavy atom. The van der Waals surface area contributed by atoms with Gasteiger partial charge < -0.3 is 54.3 Å². The van der Waals surface area contributed by atoms with Gasteiger partial charge in [-0.25, -0.2) is 14.2 Å². The normalized spacial score (nSPS) is 14.1. The van der Waals surface area contributed by atoms with Crippen molar-refractivity contribution in [1.82, 2.24) is 15.6 Å². The molecule has 0 radical (unpaired) electrons. The maximum Gasteiger partial charge on any atom is 0.353 e. The summed E-state index contributed by atoms with van der Waals surface area (Å²) in [5.74, 6) is -0.0926. The first kappa shape index (κ1) is 58.4. The van der Waals surface area contributed by atoms with Crippen LogP contribution < -0.4 is 39.5 Å². The second kappa shape index (κ2) is 26.6. The predicted octanol–water partition coefficient (Wildman–Crippen LogP) is 9.41. The number of carbonyl (C=O) groups excluding carboxylic acids is 3. The quantitative estimate of drug-likeness (QED) is 0.0217. The Balaban J connectivity index is 0.579. The van der Waals surface area contributed by atoms with Gasteiger partial charge in [0.25, 0.3) is 5.91 Å². The third-order valence-corrected chi connectivity index (χ3v) is 15.4. The van der Waals surface area contributed by atoms with Gasteiger partial charge in [-0.3, -0.25) is 9.59 Å². The summed E-state index contributed by atoms with van der Waals surface area (Å²) < 4.78 is 47.1. The molecule has 3 aliphatic rings. The van der Waals surface area contributed by atoms with Crippen molar-refractivity contribution in [3.05, 3.63) is 195 Å². The number of esters is 1. The Labute approximate surface area is 488 Å². The van der Waals surface area contributed by atoms with Crippen molar-refractivity contribution < 1.29 is 56.9 Å². The number of aliphatic hydroxyl groups is 1. The summed E-state index contributed by atoms with van der Waals surface area (Å²) >= 11 is 0. The molecule has 0 aliphatic carbocycles. The Bertz CT molecular complexity index is 3590. The van der Waals surface area contributed by atoms with Crippen LogP contribution in [0.15, 0.2) is 134 Å². The van der Waals surface area contributed by atoms with Crippen LogP contribution in [0, 0.1) is 17.6 Å². The number of phenols is 1. The van der Waals surface area contributed by atoms with E-state index in [9.17, 15) is 24.6 Å². The number of aliphatic hydroxyl groups excluding tert-OH is 1. The predicted molar refractivity (Wildman–Crippen MR) is 318 cm³/mol. The molecule has 0 saturated heterocycles. The molecule has 0 fully saturated rings. The lowest BCUT2D eigenvalue weighted by Gasteiger charge is -2.37. The topological polar surface area (TPSA) is 187 Å². The highest BCUT2D eigenvalue weighted by Gasteiger charge is 2.54. The lowest BCUT2D eigenvalue weighted by Crippen LogP contribution is -2.41. The lowest BCUT2D eigenvalue weighted by atomic mass is 9.77. The average molecular weight is 1140 g/mol. The molecule has 84 heavy (non-hydrogen) atoms. The van der Waals surface area contributed by atoms with Crippen LogP contribution in [0.2, 0.25) is 0 Å². The third-order valence-electron chi connectivity index (χ3n) is 15.4. The minimum atomic E-state index is -1.33. The molecule has 436 valence electrons. The molecular weight excluding hydrogens is 1070 g/mol. The van der Waals surface area contributed by atoms with E-state index < -0.39 is 17.4 Å². The lowest BCUT2D eigenvalue weighted by molar-refractivity contribution is -0.556. The van der Waals surface area contributed by atoms with Gasteiger partial charge in [-0.1, -0.05) is 62.1 Å². The highest BCUT2D eigenvalue weighted by atomic mass is 19.1. The maximum absolute atomic E-state index is 15.3. The van der Waals surface area contributed by atoms with Crippen molar-refractivity contribution >= 4 is 35.2 Å². The Morgan fingerprint density at radius 2 is 1.39 bits per heavy atom. The van der Waals surface area contributed by atoms with Crippen molar-refractivity contribution in [2.45, 2.75) is 63.4 Å². The zero-order valence-corrected chi connectivity index (χ0v) is 48.0. The molecule has 1 spiro atoms. The number of benzene rings is 6. The fourth-order valence-corrected chi connectivity index (χ4v) is 10.9. The van der Waals surface area contributed by atoms with Crippen LogP contribution in [0.5, 0.6) is 23.0 Å². The molecule has 4 heterocycles. The largest absolute Gasteiger partial charge is 0.508 e. The number of amides is 2. The molecule has 16 nitrogen and oxygen atoms in total. The number of rotatable bonds is 27. The number of fused-ring (bicyclic) bond motifs is 7. The number of ether oxygens (including phenoxy) is 5. The van der Waals surface area contributed by atoms with Crippen LogP contribution >= 0.6 is 0 Å². The monoisotopic (exact) mass is 1140 g/mol. The number of halogens is 1. The Kier molecular flexibility index (Phi) is 18.5. The first-order valence-electron chi connectivity index (χ1n) is 28.8. The summed E-state index contributed by atoms with van der Waals surface area (Å²) in [4.78, 5) is 48.4. The van der Waals surface area contributed by atoms with Gasteiger partial charge in [-0.15, -0.1) is 4.24 Å². The molecule has 0 bridgehead atoms. The van der Waals surface area contributed by atoms with Crippen molar-refractivity contribution in [3.8, 4) is 34.3 Å². The minimum Gasteiger partial charge on any atom is -0.508 e. The van der Waals surface area contributed by atoms with Crippen LogP contribution in [-0.2, 0) is 37.4 Å². The van der Waals surface area contributed by atoms with Gasteiger partial charge >= 0.3 is 11.9 Å². The molecular formula is C67H72FN6O10+. The molecule has 17 heteroatoms. The molecule has 3 aliphatic heterocycles. The van der Waals surface area contributed by atoms with Gasteiger partial charge in [0.1, 0.15) is 34.6 Å². The van der Waals surface area contributed by atoms with Crippen LogP contribution in [0.4, 0.5) is 15.8 Å². The zero-order chi connectivity index (χ0) is 58.7. The van der Waals surface area contributed by atoms with Gasteiger partial charge in [0, 0.05) is 112 Å². The first-order valence-corrected chi connectivity index (χ1v) is 28.8. The molecule has 1 atom stereocenters. The van der Waals surface area contributed by atoms with Gasteiger partial charge in [0.05, 0.1) is 38.6 Å². The second-order valence-corrected chi connectivity index (χ2v) is 21.8. The fourth-order valence-electron chi connectivity index (χ4n) is 10.9. The summed E-state index contributed by atoms with van der Waals surface area (Å²) in [5.41, 5.74) is 7.24. The number of nitrogens with zero attached hydrogens (tertiary/aromatic N) is 4. The van der Waals surface area contributed by atoms with E-state index in [-0.39, 0.29) is 61.3 Å². The maximum atomic E-state index is 15.3. The molecule has 6 aromatic carbocycles. The van der Waals surface area contributed by atoms with E-state index in [0.717, 1.165) is 77.6 Å². The number of hydrogen-bond donors (Lipinski definition) is 4. The van der Waals surface area contributed by atoms with E-state index in [1.54, 1.807) is 59.0 Å². The van der Waals surface area contributed by atoms with Crippen molar-refractivity contribution in [1.29, 1.82) is 0 Å². The van der Waals surface area contributed by atoms with Crippen LogP contribution in [-0.4, -0.2) is 107 Å². The highest BCUT2D eigenvalue weighted by Crippen LogP contribution is 2.57. The van der Waals surface area contributed by atoms with E-state index >= 15 is 4.39 Å². The standard InChI is InChI=1S/C67H71FN6O10/c1-72(2)49-20-25-53-61(41-49)83-62-42-50(73(3)4)21-26-54(62)67(53)55-39-47(19-24-52(55)66(79)84-67)64(77)70-30-33-81-35-34-80-32-28-63(76)69-29-12-7-5-6-8-13-31-82-60-27-16-45(37-56(60)68)36-48-40-59-57(38-44-14-10-9-11-15-44)71-58(43-74(59)65(48)78)46-17-22-51(75)23-18-46/h9-11,14-27,37,39-43,48H,5-8,12-13,28-36,38H2,1-4H3,(H3,69,70,75,76,77)/p+1. The van der Waals surface area contributed by atoms with E-state index in [1.165, 1.54) is 6.07 Å². The van der Waals surface area contributed by atoms with Gasteiger partial charge in [-0.2, -0.15) is 0 Å². The number of phenolic OH excluding ortho intramolecular Hbond substituents is 1. The summed E-state index contributed by atoms with van der Waals surface area (Å²) in [7, 11) is 7.78. The molecule has 4 N–H and O–H groups in total. The molecule has 2 amide bonds. The van der Waals surface area contributed by atoms with Gasteiger partial charge in [0.2, 0.25) is 17.5 Å². The number of hydrogen-bond acceptors (Lipinski definition) is 13. The zero-order valence-electron chi connectivity index (χ0n) is 48.0. The van der Waals surface area contributed by atoms with Gasteiger partial charge in [0.15, 0.2) is 17.2 Å². The van der Waals surface area contributed by atoms with Crippen LogP contribution in [0.3, 0.4) is 0 Å². The second-order valence-electron chi connectivity index (χ2n) is 21.8. The van der Waals surface area contributed by atoms with Crippen molar-refractivity contribution in [2.75, 3.05) is 84.1 Å². The van der Waals surface area contributed by atoms with Crippen molar-refractivity contribution in [2.24, 2.45) is 5.92 Å². The SMILES string of the molecule is CN(C)c1ccc2c(c1)Oc1cc(N(C)C)ccc1C21OC(=O)c2ccc(C(=O)NCCOCCOCCC(=O)NCCCCCCCCOc3ccc(CC4C=c5c(Cc6ccccc6)nc(-c6ccc(O)cc6)c[n+]5=C4O)cc3F)cc21. The molecule has 10 rings (SSSR count). The number of aromatic nitrogens is 2. The summed E-state index contributed by atoms with van der Waals surface area (Å²) in [6.07, 6.45) is 10.6. The van der Waals surface area contributed by atoms with Crippen molar-refractivity contribution in [3.63, 3.8) is 0 Å². The summed E-state index contributed by atoms with van der Waals surface area (Å²) in [6.45, 7) is 2.35. The Hall–Kier alpha value is -8.80. The molecule has 0 saturated carbocycles. The highest BCUT2D eigenvalue weighted by molar-refractivity contribution is 6.00. The molecule has 7 aromatic rings. The summed E-state index contributed by atoms with van der Waals surface area (Å²) in [6, 6.07) is 38.4. The Morgan fingerprint density at radius 1 is 0.702 bits per heavy atom.